The van der Waals surface area contributed by atoms with Crippen LogP contribution < -0.4 is 4.74 Å². The van der Waals surface area contributed by atoms with Gasteiger partial charge < -0.3 is 4.74 Å². The molecule has 2 nitrogen and oxygen atoms in total. The maximum Gasteiger partial charge on any atom is 0.217 e. The summed E-state index contributed by atoms with van der Waals surface area (Å²) in [5.74, 6) is 0.961. The van der Waals surface area contributed by atoms with Crippen molar-refractivity contribution in [2.75, 3.05) is 7.11 Å². The van der Waals surface area contributed by atoms with Crippen molar-refractivity contribution in [2.24, 2.45) is 0 Å². The van der Waals surface area contributed by atoms with E-state index in [1.54, 1.807) is 7.11 Å². The summed E-state index contributed by atoms with van der Waals surface area (Å²) < 4.78 is 8.15. The third kappa shape index (κ3) is 1.48. The van der Waals surface area contributed by atoms with E-state index >= 15 is 0 Å². The Labute approximate surface area is 131 Å². The molecule has 0 N–H and O–H groups in total. The fourth-order valence-electron chi connectivity index (χ4n) is 4.14. The largest absolute Gasteiger partial charge is 0.496 e. The van der Waals surface area contributed by atoms with E-state index in [0.29, 0.717) is 0 Å². The van der Waals surface area contributed by atoms with Gasteiger partial charge in [0.05, 0.1) is 18.1 Å². The molecule has 2 heterocycles. The summed E-state index contributed by atoms with van der Waals surface area (Å²) >= 11 is 0. The Hall–Kier alpha value is -2.09. The highest BCUT2D eigenvalue weighted by atomic mass is 16.5. The quantitative estimate of drug-likeness (QED) is 0.723. The van der Waals surface area contributed by atoms with Crippen LogP contribution in [-0.4, -0.2) is 22.9 Å². The maximum atomic E-state index is 5.58. The zero-order valence-electron chi connectivity index (χ0n) is 13.7. The van der Waals surface area contributed by atoms with Crippen LogP contribution in [0.25, 0.3) is 10.8 Å². The van der Waals surface area contributed by atoms with E-state index < -0.39 is 0 Å². The van der Waals surface area contributed by atoms with Gasteiger partial charge in [-0.3, -0.25) is 0 Å². The highest BCUT2D eigenvalue weighted by Crippen LogP contribution is 2.49. The van der Waals surface area contributed by atoms with Crippen LogP contribution in [0.5, 0.6) is 5.75 Å². The van der Waals surface area contributed by atoms with Crippen molar-refractivity contribution >= 4 is 22.2 Å². The van der Waals surface area contributed by atoms with Crippen molar-refractivity contribution in [3.05, 3.63) is 47.5 Å². The van der Waals surface area contributed by atoms with E-state index in [0.717, 1.165) is 18.6 Å². The first-order valence-electron chi connectivity index (χ1n) is 8.07. The average Bonchev–Trinajstić information content (AvgIpc) is 3.05. The molecule has 2 aliphatic heterocycles. The maximum absolute atomic E-state index is 5.58. The lowest BCUT2D eigenvalue weighted by Gasteiger charge is -2.20. The Morgan fingerprint density at radius 1 is 1.27 bits per heavy atom. The number of rotatable bonds is 2. The van der Waals surface area contributed by atoms with Crippen molar-refractivity contribution in [3.63, 3.8) is 0 Å². The van der Waals surface area contributed by atoms with Gasteiger partial charge in [0.2, 0.25) is 11.4 Å². The fraction of sp³-hybridized carbons (Fsp3) is 0.350. The second kappa shape index (κ2) is 4.45. The van der Waals surface area contributed by atoms with E-state index in [-0.39, 0.29) is 5.54 Å². The van der Waals surface area contributed by atoms with Gasteiger partial charge in [0.1, 0.15) is 5.75 Å². The zero-order chi connectivity index (χ0) is 15.5. The monoisotopic (exact) mass is 292 g/mol. The Morgan fingerprint density at radius 3 is 2.77 bits per heavy atom. The van der Waals surface area contributed by atoms with Crippen LogP contribution in [0.3, 0.4) is 0 Å². The van der Waals surface area contributed by atoms with Crippen molar-refractivity contribution in [1.29, 1.82) is 0 Å². The molecule has 0 saturated heterocycles. The highest BCUT2D eigenvalue weighted by molar-refractivity contribution is 6.23. The van der Waals surface area contributed by atoms with Crippen LogP contribution in [0.1, 0.15) is 39.2 Å². The Balaban J connectivity index is 2.12. The molecule has 1 atom stereocenters. The molecule has 2 aromatic rings. The number of methoxy groups -OCH3 is 1. The van der Waals surface area contributed by atoms with E-state index in [1.165, 1.54) is 33.3 Å². The molecular formula is C20H22NO+. The molecule has 0 bridgehead atoms. The fourth-order valence-corrected chi connectivity index (χ4v) is 4.14. The Bertz CT molecular complexity index is 859. The summed E-state index contributed by atoms with van der Waals surface area (Å²) in [5, 5.41) is 2.56. The molecule has 22 heavy (non-hydrogen) atoms. The van der Waals surface area contributed by atoms with Crippen LogP contribution in [0, 0.1) is 0 Å². The molecule has 0 aromatic heterocycles. The van der Waals surface area contributed by atoms with Crippen LogP contribution >= 0.6 is 0 Å². The molecule has 0 fully saturated rings. The van der Waals surface area contributed by atoms with Crippen molar-refractivity contribution in [1.82, 2.24) is 0 Å². The van der Waals surface area contributed by atoms with Gasteiger partial charge in [-0.25, -0.2) is 0 Å². The number of nitrogens with zero attached hydrogens (tertiary/aromatic N) is 1. The SMILES string of the molecule is C/C=C1\CC(C)(CC)[N+]2=C1c1cccc3c(OC)ccc2c13. The smallest absolute Gasteiger partial charge is 0.217 e. The van der Waals surface area contributed by atoms with E-state index in [1.807, 2.05) is 0 Å². The molecule has 0 spiro atoms. The summed E-state index contributed by atoms with van der Waals surface area (Å²) in [6.45, 7) is 6.83. The Kier molecular flexibility index (Phi) is 2.75. The summed E-state index contributed by atoms with van der Waals surface area (Å²) in [6.07, 6.45) is 4.54. The first kappa shape index (κ1) is 13.6. The molecule has 2 heteroatoms. The van der Waals surface area contributed by atoms with Gasteiger partial charge in [-0.05, 0) is 19.1 Å². The van der Waals surface area contributed by atoms with Gasteiger partial charge in [0, 0.05) is 36.8 Å². The molecule has 0 radical (unpaired) electrons. The van der Waals surface area contributed by atoms with E-state index in [9.17, 15) is 0 Å². The first-order chi connectivity index (χ1) is 10.6. The van der Waals surface area contributed by atoms with E-state index in [4.69, 9.17) is 4.74 Å². The molecule has 2 aliphatic rings. The second-order valence-electron chi connectivity index (χ2n) is 6.54. The van der Waals surface area contributed by atoms with Crippen LogP contribution in [-0.2, 0) is 0 Å². The second-order valence-corrected chi connectivity index (χ2v) is 6.54. The molecule has 0 saturated carbocycles. The number of ether oxygens (including phenoxy) is 1. The number of hydrogen-bond acceptors (Lipinski definition) is 1. The first-order valence-corrected chi connectivity index (χ1v) is 8.07. The van der Waals surface area contributed by atoms with Crippen LogP contribution in [0.4, 0.5) is 5.69 Å². The summed E-state index contributed by atoms with van der Waals surface area (Å²) in [4.78, 5) is 0. The third-order valence-electron chi connectivity index (χ3n) is 5.44. The lowest BCUT2D eigenvalue weighted by atomic mass is 9.89. The lowest BCUT2D eigenvalue weighted by Crippen LogP contribution is -2.32. The van der Waals surface area contributed by atoms with E-state index in [2.05, 4.69) is 61.8 Å². The minimum Gasteiger partial charge on any atom is -0.496 e. The van der Waals surface area contributed by atoms with Gasteiger partial charge in [-0.2, -0.15) is 4.58 Å². The normalized spacial score (nSPS) is 24.5. The molecule has 112 valence electrons. The predicted molar refractivity (Wildman–Crippen MR) is 91.6 cm³/mol. The van der Waals surface area contributed by atoms with Crippen molar-refractivity contribution in [3.8, 4) is 5.75 Å². The van der Waals surface area contributed by atoms with Crippen molar-refractivity contribution in [2.45, 2.75) is 39.2 Å². The highest BCUT2D eigenvalue weighted by Gasteiger charge is 2.51. The predicted octanol–water partition coefficient (Wildman–Crippen LogP) is 4.81. The average molecular weight is 292 g/mol. The number of benzene rings is 2. The van der Waals surface area contributed by atoms with Gasteiger partial charge in [0.15, 0.2) is 5.54 Å². The molecule has 4 rings (SSSR count). The minimum absolute atomic E-state index is 0.164. The molecule has 2 aromatic carbocycles. The summed E-state index contributed by atoms with van der Waals surface area (Å²) in [6, 6.07) is 10.9. The summed E-state index contributed by atoms with van der Waals surface area (Å²) in [5.41, 5.74) is 5.73. The van der Waals surface area contributed by atoms with Crippen molar-refractivity contribution < 1.29 is 9.31 Å². The van der Waals surface area contributed by atoms with Gasteiger partial charge in [-0.15, -0.1) is 0 Å². The minimum atomic E-state index is 0.164. The van der Waals surface area contributed by atoms with Crippen LogP contribution in [0.2, 0.25) is 0 Å². The Morgan fingerprint density at radius 2 is 2.09 bits per heavy atom. The molecule has 0 aliphatic carbocycles. The summed E-state index contributed by atoms with van der Waals surface area (Å²) in [7, 11) is 1.75. The van der Waals surface area contributed by atoms with Crippen LogP contribution in [0.15, 0.2) is 42.0 Å². The van der Waals surface area contributed by atoms with Gasteiger partial charge in [0.25, 0.3) is 0 Å². The third-order valence-corrected chi connectivity index (χ3v) is 5.44. The molecular weight excluding hydrogens is 270 g/mol. The number of allylic oxidation sites excluding steroid dienone is 1. The van der Waals surface area contributed by atoms with Gasteiger partial charge in [-0.1, -0.05) is 25.1 Å². The number of hydrogen-bond donors (Lipinski definition) is 0. The molecule has 1 unspecified atom stereocenters. The topological polar surface area (TPSA) is 12.2 Å². The number of fused-ring (bicyclic) bond motifs is 2. The molecule has 0 amide bonds. The van der Waals surface area contributed by atoms with Gasteiger partial charge >= 0.3 is 0 Å². The zero-order valence-corrected chi connectivity index (χ0v) is 13.7. The standard InChI is InChI=1S/C20H22NO/c1-5-13-12-20(3,6-2)21-16-10-11-17(22-4)14-8-7-9-15(18(14)16)19(13)21/h5,7-11H,6,12H2,1-4H3/q+1/b13-5+. The lowest BCUT2D eigenvalue weighted by molar-refractivity contribution is -0.518.